The second-order valence-electron chi connectivity index (χ2n) is 11.0. The van der Waals surface area contributed by atoms with Crippen LogP contribution in [0.1, 0.15) is 51.3 Å². The molecule has 38 heavy (non-hydrogen) atoms. The molecule has 3 heteroatoms. The Bertz CT molecular complexity index is 1460. The van der Waals surface area contributed by atoms with E-state index in [9.17, 15) is 0 Å². The Balaban J connectivity index is 0.000000218. The molecule has 2 heterocycles. The first-order valence-electron chi connectivity index (χ1n) is 12.8. The summed E-state index contributed by atoms with van der Waals surface area (Å²) in [5.74, 6) is 0. The van der Waals surface area contributed by atoms with Crippen LogP contribution < -0.4 is 0 Å². The standard InChI is InChI=1S/C24H24N.C11H8N.Ir/c1-23(2,3)16-13-14-21(25-15-16)19-11-8-10-18-17-9-6-7-12-20(17)24(4,5)22(18)19;1-2-6-10(7-3-1)11-8-4-5-9-12-11;/h6-10,12-15H,1-5H3;1-6,8-9H;/q2*-1;. The fraction of sp³-hybridized carbons (Fsp3) is 0.200. The van der Waals surface area contributed by atoms with Crippen LogP contribution in [0.3, 0.4) is 0 Å². The largest absolute Gasteiger partial charge is 0.305 e. The Kier molecular flexibility index (Phi) is 8.11. The minimum absolute atomic E-state index is 0. The van der Waals surface area contributed by atoms with Crippen LogP contribution in [0.5, 0.6) is 0 Å². The topological polar surface area (TPSA) is 25.8 Å². The van der Waals surface area contributed by atoms with E-state index >= 15 is 0 Å². The molecule has 193 valence electrons. The number of hydrogen-bond acceptors (Lipinski definition) is 2. The number of aromatic nitrogens is 2. The molecule has 3 aromatic carbocycles. The van der Waals surface area contributed by atoms with Gasteiger partial charge in [0.15, 0.2) is 0 Å². The molecule has 0 saturated carbocycles. The summed E-state index contributed by atoms with van der Waals surface area (Å²) < 4.78 is 0. The molecular weight excluding hydrogens is 641 g/mol. The van der Waals surface area contributed by atoms with Gasteiger partial charge in [-0.25, -0.2) is 0 Å². The second kappa shape index (κ2) is 11.2. The van der Waals surface area contributed by atoms with E-state index < -0.39 is 0 Å². The summed E-state index contributed by atoms with van der Waals surface area (Å²) in [6.45, 7) is 11.3. The van der Waals surface area contributed by atoms with Gasteiger partial charge in [0, 0.05) is 32.5 Å². The molecule has 0 N–H and O–H groups in total. The molecule has 0 amide bonds. The van der Waals surface area contributed by atoms with Gasteiger partial charge in [0.05, 0.1) is 0 Å². The van der Waals surface area contributed by atoms with Crippen molar-refractivity contribution in [2.24, 2.45) is 0 Å². The molecule has 0 aliphatic heterocycles. The van der Waals surface area contributed by atoms with E-state index in [2.05, 4.69) is 94.2 Å². The summed E-state index contributed by atoms with van der Waals surface area (Å²) in [7, 11) is 0. The zero-order valence-corrected chi connectivity index (χ0v) is 24.9. The van der Waals surface area contributed by atoms with Gasteiger partial charge in [0.2, 0.25) is 0 Å². The van der Waals surface area contributed by atoms with Crippen LogP contribution in [0, 0.1) is 12.1 Å². The Morgan fingerprint density at radius 1 is 0.684 bits per heavy atom. The van der Waals surface area contributed by atoms with Gasteiger partial charge in [-0.05, 0) is 45.0 Å². The van der Waals surface area contributed by atoms with Crippen molar-refractivity contribution in [2.45, 2.75) is 45.4 Å². The monoisotopic (exact) mass is 673 g/mol. The Morgan fingerprint density at radius 3 is 2.11 bits per heavy atom. The summed E-state index contributed by atoms with van der Waals surface area (Å²) in [4.78, 5) is 9.01. The third-order valence-electron chi connectivity index (χ3n) is 7.05. The zero-order chi connectivity index (χ0) is 26.0. The van der Waals surface area contributed by atoms with Crippen molar-refractivity contribution in [3.05, 3.63) is 132 Å². The Hall–Kier alpha value is -3.39. The Labute approximate surface area is 240 Å². The molecule has 0 spiro atoms. The molecule has 2 aromatic heterocycles. The van der Waals surface area contributed by atoms with E-state index in [0.717, 1.165) is 22.5 Å². The molecule has 1 aliphatic rings. The van der Waals surface area contributed by atoms with Gasteiger partial charge in [0.1, 0.15) is 0 Å². The molecule has 2 nitrogen and oxygen atoms in total. The third-order valence-corrected chi connectivity index (χ3v) is 7.05. The van der Waals surface area contributed by atoms with E-state index in [1.54, 1.807) is 6.20 Å². The summed E-state index contributed by atoms with van der Waals surface area (Å²) in [6.07, 6.45) is 3.80. The number of pyridine rings is 2. The molecule has 6 rings (SSSR count). The van der Waals surface area contributed by atoms with Gasteiger partial charge in [0.25, 0.3) is 0 Å². The van der Waals surface area contributed by atoms with Crippen molar-refractivity contribution in [1.82, 2.24) is 9.97 Å². The fourth-order valence-corrected chi connectivity index (χ4v) is 5.03. The SMILES string of the molecule is CC(C)(C)c1ccc(-c2[c-]ccc3c2C(C)(C)c2ccccc2-3)nc1.[Ir].[c-]1ccccc1-c1ccccn1. The van der Waals surface area contributed by atoms with Crippen LogP contribution in [-0.4, -0.2) is 9.97 Å². The van der Waals surface area contributed by atoms with Gasteiger partial charge >= 0.3 is 0 Å². The van der Waals surface area contributed by atoms with Crippen molar-refractivity contribution in [2.75, 3.05) is 0 Å². The van der Waals surface area contributed by atoms with Crippen molar-refractivity contribution >= 4 is 0 Å². The Morgan fingerprint density at radius 2 is 1.45 bits per heavy atom. The van der Waals surface area contributed by atoms with Gasteiger partial charge in [-0.3, -0.25) is 0 Å². The minimum Gasteiger partial charge on any atom is -0.305 e. The maximum absolute atomic E-state index is 4.79. The van der Waals surface area contributed by atoms with Crippen LogP contribution in [-0.2, 0) is 30.9 Å². The second-order valence-corrected chi connectivity index (χ2v) is 11.0. The quantitative estimate of drug-likeness (QED) is 0.176. The average Bonchev–Trinajstić information content (AvgIpc) is 3.17. The normalized spacial score (nSPS) is 12.9. The fourth-order valence-electron chi connectivity index (χ4n) is 5.03. The number of benzene rings is 3. The van der Waals surface area contributed by atoms with Crippen LogP contribution in [0.4, 0.5) is 0 Å². The van der Waals surface area contributed by atoms with E-state index in [1.165, 1.54) is 27.8 Å². The predicted octanol–water partition coefficient (Wildman–Crippen LogP) is 8.70. The minimum atomic E-state index is -0.0383. The maximum Gasteiger partial charge on any atom is 0.0198 e. The van der Waals surface area contributed by atoms with Crippen LogP contribution in [0.25, 0.3) is 33.6 Å². The molecule has 0 atom stereocenters. The summed E-state index contributed by atoms with van der Waals surface area (Å²) in [6, 6.07) is 37.6. The maximum atomic E-state index is 4.79. The third kappa shape index (κ3) is 5.41. The zero-order valence-electron chi connectivity index (χ0n) is 22.5. The van der Waals surface area contributed by atoms with Gasteiger partial charge < -0.3 is 9.97 Å². The number of fused-ring (bicyclic) bond motifs is 3. The first-order valence-corrected chi connectivity index (χ1v) is 12.8. The van der Waals surface area contributed by atoms with Crippen molar-refractivity contribution < 1.29 is 20.1 Å². The van der Waals surface area contributed by atoms with Crippen LogP contribution in [0.15, 0.2) is 103 Å². The van der Waals surface area contributed by atoms with Crippen molar-refractivity contribution in [3.8, 4) is 33.6 Å². The summed E-state index contributed by atoms with van der Waals surface area (Å²) in [5, 5.41) is 0. The van der Waals surface area contributed by atoms with Crippen LogP contribution >= 0.6 is 0 Å². The van der Waals surface area contributed by atoms with Gasteiger partial charge in [-0.2, -0.15) is 0 Å². The van der Waals surface area contributed by atoms with E-state index in [4.69, 9.17) is 4.98 Å². The van der Waals surface area contributed by atoms with Gasteiger partial charge in [-0.15, -0.1) is 65.2 Å². The molecule has 0 saturated heterocycles. The first kappa shape index (κ1) is 27.6. The summed E-state index contributed by atoms with van der Waals surface area (Å²) in [5.41, 5.74) is 10.9. The molecule has 0 bridgehead atoms. The first-order chi connectivity index (χ1) is 17.8. The smallest absolute Gasteiger partial charge is 0.0198 e. The van der Waals surface area contributed by atoms with E-state index in [1.807, 2.05) is 54.7 Å². The number of rotatable bonds is 2. The number of nitrogens with zero attached hydrogens (tertiary/aromatic N) is 2. The molecule has 5 aromatic rings. The average molecular weight is 673 g/mol. The van der Waals surface area contributed by atoms with Crippen molar-refractivity contribution in [1.29, 1.82) is 0 Å². The molecule has 1 aliphatic carbocycles. The molecule has 1 radical (unpaired) electrons. The summed E-state index contributed by atoms with van der Waals surface area (Å²) >= 11 is 0. The number of hydrogen-bond donors (Lipinski definition) is 0. The van der Waals surface area contributed by atoms with Gasteiger partial charge in [-0.1, -0.05) is 88.7 Å². The van der Waals surface area contributed by atoms with E-state index in [-0.39, 0.29) is 30.9 Å². The molecular formula is C35H32IrN2-2. The molecule has 0 fully saturated rings. The molecule has 0 unspecified atom stereocenters. The van der Waals surface area contributed by atoms with Crippen molar-refractivity contribution in [3.63, 3.8) is 0 Å². The van der Waals surface area contributed by atoms with E-state index in [0.29, 0.717) is 0 Å². The van der Waals surface area contributed by atoms with Crippen LogP contribution in [0.2, 0.25) is 0 Å². The predicted molar refractivity (Wildman–Crippen MR) is 153 cm³/mol.